The van der Waals surface area contributed by atoms with E-state index in [9.17, 15) is 19.4 Å². The molecule has 24 heavy (non-hydrogen) atoms. The Labute approximate surface area is 136 Å². The first-order valence-electron chi connectivity index (χ1n) is 7.60. The molecule has 0 radical (unpaired) electrons. The van der Waals surface area contributed by atoms with Gasteiger partial charge in [-0.05, 0) is 43.5 Å². The third-order valence-corrected chi connectivity index (χ3v) is 4.40. The molecular weight excluding hydrogens is 311 g/mol. The minimum absolute atomic E-state index is 0.0401. The van der Waals surface area contributed by atoms with Crippen LogP contribution in [0.1, 0.15) is 24.8 Å². The summed E-state index contributed by atoms with van der Waals surface area (Å²) in [6.07, 6.45) is 2.05. The molecule has 0 aliphatic heterocycles. The molecule has 0 unspecified atom stereocenters. The molecule has 1 saturated carbocycles. The number of benzene rings is 2. The van der Waals surface area contributed by atoms with Crippen molar-refractivity contribution < 1.29 is 19.0 Å². The van der Waals surface area contributed by atoms with Gasteiger partial charge in [-0.25, -0.2) is 9.18 Å². The van der Waals surface area contributed by atoms with E-state index in [4.69, 9.17) is 4.42 Å². The summed E-state index contributed by atoms with van der Waals surface area (Å²) in [7, 11) is 0. The predicted octanol–water partition coefficient (Wildman–Crippen LogP) is 3.06. The summed E-state index contributed by atoms with van der Waals surface area (Å²) in [5, 5.41) is 20.6. The van der Waals surface area contributed by atoms with Crippen LogP contribution < -0.4 is 5.63 Å². The molecule has 0 amide bonds. The first-order valence-corrected chi connectivity index (χ1v) is 7.60. The van der Waals surface area contributed by atoms with Crippen molar-refractivity contribution in [2.75, 3.05) is 0 Å². The summed E-state index contributed by atoms with van der Waals surface area (Å²) in [4.78, 5) is 12.2. The molecule has 1 heterocycles. The van der Waals surface area contributed by atoms with Gasteiger partial charge in [0, 0.05) is 16.8 Å². The Balaban J connectivity index is 1.95. The highest BCUT2D eigenvalue weighted by atomic mass is 19.1. The third-order valence-electron chi connectivity index (χ3n) is 4.40. The van der Waals surface area contributed by atoms with Crippen LogP contribution in [0.5, 0.6) is 5.75 Å². The molecule has 2 N–H and O–H groups in total. The Morgan fingerprint density at radius 1 is 1.12 bits per heavy atom. The topological polar surface area (TPSA) is 70.7 Å². The van der Waals surface area contributed by atoms with Crippen molar-refractivity contribution in [3.63, 3.8) is 0 Å². The van der Waals surface area contributed by atoms with Crippen LogP contribution in [0.4, 0.5) is 4.39 Å². The number of aromatic hydroxyl groups is 1. The molecule has 0 saturated heterocycles. The lowest BCUT2D eigenvalue weighted by atomic mass is 9.81. The number of hydrogen-bond donors (Lipinski definition) is 2. The van der Waals surface area contributed by atoms with Crippen LogP contribution in [0, 0.1) is 17.7 Å². The highest BCUT2D eigenvalue weighted by Crippen LogP contribution is 2.31. The van der Waals surface area contributed by atoms with Gasteiger partial charge in [0.05, 0.1) is 10.9 Å². The molecule has 4 rings (SSSR count). The molecule has 120 valence electrons. The Morgan fingerprint density at radius 3 is 2.62 bits per heavy atom. The van der Waals surface area contributed by atoms with Crippen LogP contribution in [0.2, 0.25) is 0 Å². The Bertz CT molecular complexity index is 1100. The van der Waals surface area contributed by atoms with E-state index >= 15 is 0 Å². The standard InChI is InChI=1S/C19H13FO4/c20-16-10-14-13-3-2-12(21)9-17(13)24-18(22)15(14)8-11(16)4-7-19(23)5-1-6-19/h2-3,8-10,21,23H,1,5-6H2. The van der Waals surface area contributed by atoms with E-state index < -0.39 is 17.0 Å². The third kappa shape index (κ3) is 2.32. The van der Waals surface area contributed by atoms with Crippen LogP contribution in [0.3, 0.4) is 0 Å². The van der Waals surface area contributed by atoms with E-state index in [0.717, 1.165) is 6.42 Å². The summed E-state index contributed by atoms with van der Waals surface area (Å²) >= 11 is 0. The highest BCUT2D eigenvalue weighted by Gasteiger charge is 2.32. The SMILES string of the molecule is O=c1oc2cc(O)ccc2c2cc(F)c(C#CC3(O)CCC3)cc12. The zero-order valence-electron chi connectivity index (χ0n) is 12.6. The van der Waals surface area contributed by atoms with Gasteiger partial charge in [0.25, 0.3) is 0 Å². The smallest absolute Gasteiger partial charge is 0.344 e. The molecule has 0 spiro atoms. The lowest BCUT2D eigenvalue weighted by Gasteiger charge is -2.30. The molecule has 2 aromatic carbocycles. The van der Waals surface area contributed by atoms with Crippen molar-refractivity contribution in [1.82, 2.24) is 0 Å². The molecule has 4 nitrogen and oxygen atoms in total. The normalized spacial score (nSPS) is 15.8. The number of hydrogen-bond acceptors (Lipinski definition) is 4. The van der Waals surface area contributed by atoms with E-state index in [-0.39, 0.29) is 22.3 Å². The average molecular weight is 324 g/mol. The van der Waals surface area contributed by atoms with Crippen LogP contribution in [0.15, 0.2) is 39.5 Å². The first-order chi connectivity index (χ1) is 11.5. The summed E-state index contributed by atoms with van der Waals surface area (Å²) < 4.78 is 19.6. The van der Waals surface area contributed by atoms with Crippen molar-refractivity contribution in [3.8, 4) is 17.6 Å². The zero-order chi connectivity index (χ0) is 16.9. The quantitative estimate of drug-likeness (QED) is 0.379. The molecule has 5 heteroatoms. The molecule has 1 aliphatic carbocycles. The van der Waals surface area contributed by atoms with Crippen molar-refractivity contribution in [3.05, 3.63) is 52.1 Å². The zero-order valence-corrected chi connectivity index (χ0v) is 12.6. The van der Waals surface area contributed by atoms with Crippen molar-refractivity contribution in [2.45, 2.75) is 24.9 Å². The number of halogens is 1. The van der Waals surface area contributed by atoms with Gasteiger partial charge < -0.3 is 14.6 Å². The monoisotopic (exact) mass is 324 g/mol. The largest absolute Gasteiger partial charge is 0.508 e. The maximum Gasteiger partial charge on any atom is 0.344 e. The van der Waals surface area contributed by atoms with Gasteiger partial charge >= 0.3 is 5.63 Å². The minimum atomic E-state index is -1.05. The van der Waals surface area contributed by atoms with E-state index in [0.29, 0.717) is 23.6 Å². The van der Waals surface area contributed by atoms with Gasteiger partial charge in [-0.15, -0.1) is 0 Å². The fourth-order valence-corrected chi connectivity index (χ4v) is 2.85. The van der Waals surface area contributed by atoms with E-state index in [1.54, 1.807) is 6.07 Å². The van der Waals surface area contributed by atoms with Crippen molar-refractivity contribution in [1.29, 1.82) is 0 Å². The molecular formula is C19H13FO4. The number of phenols is 1. The number of aliphatic hydroxyl groups is 1. The van der Waals surface area contributed by atoms with Gasteiger partial charge in [-0.3, -0.25) is 0 Å². The molecule has 0 bridgehead atoms. The predicted molar refractivity (Wildman–Crippen MR) is 87.3 cm³/mol. The van der Waals surface area contributed by atoms with Gasteiger partial charge in [0.15, 0.2) is 0 Å². The first kappa shape index (κ1) is 14.7. The molecule has 1 aliphatic rings. The van der Waals surface area contributed by atoms with Crippen LogP contribution in [-0.4, -0.2) is 15.8 Å². The fourth-order valence-electron chi connectivity index (χ4n) is 2.85. The lowest BCUT2D eigenvalue weighted by molar-refractivity contribution is 0.0240. The van der Waals surface area contributed by atoms with E-state index in [1.807, 2.05) is 0 Å². The average Bonchev–Trinajstić information content (AvgIpc) is 2.51. The maximum absolute atomic E-state index is 14.4. The molecule has 1 fully saturated rings. The minimum Gasteiger partial charge on any atom is -0.508 e. The Morgan fingerprint density at radius 2 is 1.92 bits per heavy atom. The van der Waals surface area contributed by atoms with Gasteiger partial charge in [0.2, 0.25) is 0 Å². The van der Waals surface area contributed by atoms with E-state index in [2.05, 4.69) is 11.8 Å². The van der Waals surface area contributed by atoms with Crippen molar-refractivity contribution in [2.24, 2.45) is 0 Å². The Hall–Kier alpha value is -2.84. The summed E-state index contributed by atoms with van der Waals surface area (Å²) in [5.41, 5.74) is -1.44. The second-order valence-electron chi connectivity index (χ2n) is 6.08. The van der Waals surface area contributed by atoms with Crippen LogP contribution in [0.25, 0.3) is 21.7 Å². The summed E-state index contributed by atoms with van der Waals surface area (Å²) in [5.74, 6) is 4.71. The van der Waals surface area contributed by atoms with Crippen molar-refractivity contribution >= 4 is 21.7 Å². The van der Waals surface area contributed by atoms with Crippen LogP contribution >= 0.6 is 0 Å². The summed E-state index contributed by atoms with van der Waals surface area (Å²) in [6.45, 7) is 0. The number of rotatable bonds is 0. The highest BCUT2D eigenvalue weighted by molar-refractivity contribution is 6.04. The van der Waals surface area contributed by atoms with Gasteiger partial charge in [-0.1, -0.05) is 11.8 Å². The van der Waals surface area contributed by atoms with Gasteiger partial charge in [0.1, 0.15) is 22.8 Å². The molecule has 3 aromatic rings. The van der Waals surface area contributed by atoms with E-state index in [1.165, 1.54) is 24.3 Å². The summed E-state index contributed by atoms with van der Waals surface area (Å²) in [6, 6.07) is 6.91. The van der Waals surface area contributed by atoms with Gasteiger partial charge in [-0.2, -0.15) is 0 Å². The second kappa shape index (κ2) is 5.08. The number of phenolic OH excluding ortho intramolecular Hbond substituents is 1. The maximum atomic E-state index is 14.4. The number of fused-ring (bicyclic) bond motifs is 3. The second-order valence-corrected chi connectivity index (χ2v) is 6.08. The van der Waals surface area contributed by atoms with Crippen LogP contribution in [-0.2, 0) is 0 Å². The fraction of sp³-hybridized carbons (Fsp3) is 0.211. The lowest BCUT2D eigenvalue weighted by Crippen LogP contribution is -2.34. The molecule has 1 aromatic heterocycles. The molecule has 0 atom stereocenters. The Kier molecular flexibility index (Phi) is 3.12.